The summed E-state index contributed by atoms with van der Waals surface area (Å²) in [5, 5.41) is 17.2. The SMILES string of the molecule is CC(C)(CCO)c1ccc(C(=O)OO)cc1. The average Bonchev–Trinajstić information content (AvgIpc) is 2.28. The molecule has 2 N–H and O–H groups in total. The molecule has 0 aliphatic heterocycles. The van der Waals surface area contributed by atoms with Crippen molar-refractivity contribution in [1.29, 1.82) is 0 Å². The molecule has 0 amide bonds. The minimum absolute atomic E-state index is 0.118. The van der Waals surface area contributed by atoms with Crippen LogP contribution in [0.4, 0.5) is 0 Å². The number of carbonyl (C=O) groups excluding carboxylic acids is 1. The topological polar surface area (TPSA) is 66.8 Å². The highest BCUT2D eigenvalue weighted by Crippen LogP contribution is 2.26. The summed E-state index contributed by atoms with van der Waals surface area (Å²) in [6, 6.07) is 6.77. The Kier molecular flexibility index (Phi) is 4.04. The van der Waals surface area contributed by atoms with Crippen LogP contribution in [-0.2, 0) is 10.3 Å². The number of carbonyl (C=O) groups is 1. The maximum absolute atomic E-state index is 11.0. The molecule has 0 heterocycles. The van der Waals surface area contributed by atoms with Gasteiger partial charge in [0.2, 0.25) is 0 Å². The van der Waals surface area contributed by atoms with Gasteiger partial charge >= 0.3 is 5.97 Å². The second-order valence-corrected chi connectivity index (χ2v) is 4.31. The number of aliphatic hydroxyl groups excluding tert-OH is 1. The van der Waals surface area contributed by atoms with Gasteiger partial charge in [-0.15, -0.1) is 0 Å². The molecule has 1 aromatic carbocycles. The lowest BCUT2D eigenvalue weighted by molar-refractivity contribution is -0.182. The number of aliphatic hydroxyl groups is 1. The number of hydrogen-bond donors (Lipinski definition) is 2. The van der Waals surface area contributed by atoms with Gasteiger partial charge in [0.15, 0.2) is 0 Å². The van der Waals surface area contributed by atoms with E-state index in [1.54, 1.807) is 24.3 Å². The molecule has 0 atom stereocenters. The first-order valence-corrected chi connectivity index (χ1v) is 5.08. The van der Waals surface area contributed by atoms with Crippen molar-refractivity contribution in [3.63, 3.8) is 0 Å². The van der Waals surface area contributed by atoms with Gasteiger partial charge in [0.1, 0.15) is 0 Å². The fourth-order valence-corrected chi connectivity index (χ4v) is 1.53. The third-order valence-electron chi connectivity index (χ3n) is 2.72. The van der Waals surface area contributed by atoms with Crippen LogP contribution in [0.25, 0.3) is 0 Å². The summed E-state index contributed by atoms with van der Waals surface area (Å²) in [5.74, 6) is -0.772. The summed E-state index contributed by atoms with van der Waals surface area (Å²) in [7, 11) is 0. The highest BCUT2D eigenvalue weighted by molar-refractivity contribution is 5.88. The number of hydrogen-bond acceptors (Lipinski definition) is 4. The number of rotatable bonds is 4. The summed E-state index contributed by atoms with van der Waals surface area (Å²) >= 11 is 0. The van der Waals surface area contributed by atoms with E-state index < -0.39 is 5.97 Å². The predicted molar refractivity (Wildman–Crippen MR) is 59.2 cm³/mol. The summed E-state index contributed by atoms with van der Waals surface area (Å²) in [5.41, 5.74) is 1.18. The maximum atomic E-state index is 11.0. The highest BCUT2D eigenvalue weighted by atomic mass is 17.1. The van der Waals surface area contributed by atoms with E-state index in [-0.39, 0.29) is 12.0 Å². The second kappa shape index (κ2) is 5.09. The van der Waals surface area contributed by atoms with E-state index in [2.05, 4.69) is 4.89 Å². The van der Waals surface area contributed by atoms with Crippen molar-refractivity contribution in [2.24, 2.45) is 0 Å². The molecule has 4 heteroatoms. The van der Waals surface area contributed by atoms with E-state index >= 15 is 0 Å². The smallest absolute Gasteiger partial charge is 0.372 e. The van der Waals surface area contributed by atoms with Gasteiger partial charge < -0.3 is 5.11 Å². The van der Waals surface area contributed by atoms with Gasteiger partial charge in [0.05, 0.1) is 5.56 Å². The van der Waals surface area contributed by atoms with Crippen LogP contribution in [0, 0.1) is 0 Å². The quantitative estimate of drug-likeness (QED) is 0.606. The van der Waals surface area contributed by atoms with E-state index in [0.29, 0.717) is 12.0 Å². The van der Waals surface area contributed by atoms with Crippen molar-refractivity contribution >= 4 is 5.97 Å². The molecule has 0 aliphatic rings. The molecule has 0 aliphatic carbocycles. The van der Waals surface area contributed by atoms with E-state index in [1.165, 1.54) is 0 Å². The van der Waals surface area contributed by atoms with Gasteiger partial charge in [-0.05, 0) is 29.5 Å². The number of benzene rings is 1. The van der Waals surface area contributed by atoms with Crippen LogP contribution in [0.15, 0.2) is 24.3 Å². The molecule has 0 aromatic heterocycles. The molecule has 0 radical (unpaired) electrons. The zero-order chi connectivity index (χ0) is 12.2. The normalized spacial score (nSPS) is 11.2. The van der Waals surface area contributed by atoms with Crippen molar-refractivity contribution in [2.75, 3.05) is 6.61 Å². The monoisotopic (exact) mass is 224 g/mol. The third-order valence-corrected chi connectivity index (χ3v) is 2.72. The van der Waals surface area contributed by atoms with E-state index in [9.17, 15) is 4.79 Å². The van der Waals surface area contributed by atoms with E-state index in [0.717, 1.165) is 5.56 Å². The summed E-state index contributed by atoms with van der Waals surface area (Å²) in [6.45, 7) is 4.15. The Hall–Kier alpha value is -1.39. The standard InChI is InChI=1S/C12H16O4/c1-12(2,7-8-13)10-5-3-9(4-6-10)11(14)16-15/h3-6,13,15H,7-8H2,1-2H3. The lowest BCUT2D eigenvalue weighted by atomic mass is 9.81. The Labute approximate surface area is 94.4 Å². The minimum Gasteiger partial charge on any atom is -0.396 e. The Bertz CT molecular complexity index is 354. The van der Waals surface area contributed by atoms with Crippen molar-refractivity contribution in [3.05, 3.63) is 35.4 Å². The molecule has 0 fully saturated rings. The lowest BCUT2D eigenvalue weighted by Crippen LogP contribution is -2.18. The van der Waals surface area contributed by atoms with Gasteiger partial charge in [0.25, 0.3) is 0 Å². The van der Waals surface area contributed by atoms with Crippen LogP contribution in [0.5, 0.6) is 0 Å². The van der Waals surface area contributed by atoms with Gasteiger partial charge in [-0.25, -0.2) is 4.79 Å². The van der Waals surface area contributed by atoms with Crippen LogP contribution < -0.4 is 0 Å². The molecular weight excluding hydrogens is 208 g/mol. The van der Waals surface area contributed by atoms with E-state index in [1.807, 2.05) is 13.8 Å². The van der Waals surface area contributed by atoms with Crippen LogP contribution in [0.3, 0.4) is 0 Å². The molecule has 0 saturated carbocycles. The average molecular weight is 224 g/mol. The highest BCUT2D eigenvalue weighted by Gasteiger charge is 2.20. The van der Waals surface area contributed by atoms with Crippen molar-refractivity contribution in [3.8, 4) is 0 Å². The maximum Gasteiger partial charge on any atom is 0.372 e. The Morgan fingerprint density at radius 2 is 1.88 bits per heavy atom. The van der Waals surface area contributed by atoms with Gasteiger partial charge in [-0.2, -0.15) is 5.26 Å². The van der Waals surface area contributed by atoms with Crippen molar-refractivity contribution in [1.82, 2.24) is 0 Å². The Balaban J connectivity index is 2.90. The van der Waals surface area contributed by atoms with Crippen molar-refractivity contribution in [2.45, 2.75) is 25.7 Å². The van der Waals surface area contributed by atoms with Crippen LogP contribution in [0.2, 0.25) is 0 Å². The molecule has 0 saturated heterocycles. The first-order chi connectivity index (χ1) is 7.51. The summed E-state index contributed by atoms with van der Waals surface area (Å²) < 4.78 is 0. The fraction of sp³-hybridized carbons (Fsp3) is 0.417. The molecule has 1 aromatic rings. The zero-order valence-corrected chi connectivity index (χ0v) is 9.43. The molecule has 0 spiro atoms. The van der Waals surface area contributed by atoms with Gasteiger partial charge in [-0.3, -0.25) is 4.89 Å². The molecular formula is C12H16O4. The largest absolute Gasteiger partial charge is 0.396 e. The molecule has 16 heavy (non-hydrogen) atoms. The van der Waals surface area contributed by atoms with Gasteiger partial charge in [-0.1, -0.05) is 26.0 Å². The molecule has 1 rings (SSSR count). The van der Waals surface area contributed by atoms with Crippen LogP contribution >= 0.6 is 0 Å². The van der Waals surface area contributed by atoms with E-state index in [4.69, 9.17) is 10.4 Å². The van der Waals surface area contributed by atoms with Gasteiger partial charge in [0, 0.05) is 6.61 Å². The Morgan fingerprint density at radius 1 is 1.31 bits per heavy atom. The Morgan fingerprint density at radius 3 is 2.31 bits per heavy atom. The van der Waals surface area contributed by atoms with Crippen molar-refractivity contribution < 1.29 is 20.0 Å². The molecule has 0 bridgehead atoms. The second-order valence-electron chi connectivity index (χ2n) is 4.31. The molecule has 88 valence electrons. The summed E-state index contributed by atoms with van der Waals surface area (Å²) in [4.78, 5) is 14.6. The first kappa shape index (κ1) is 12.7. The minimum atomic E-state index is -0.772. The lowest BCUT2D eigenvalue weighted by Gasteiger charge is -2.24. The third kappa shape index (κ3) is 2.81. The fourth-order valence-electron chi connectivity index (χ4n) is 1.53. The van der Waals surface area contributed by atoms with Crippen LogP contribution in [0.1, 0.15) is 36.2 Å². The summed E-state index contributed by atoms with van der Waals surface area (Å²) in [6.07, 6.45) is 0.650. The van der Waals surface area contributed by atoms with Crippen LogP contribution in [-0.4, -0.2) is 22.9 Å². The molecule has 0 unspecified atom stereocenters. The first-order valence-electron chi connectivity index (χ1n) is 5.08. The zero-order valence-electron chi connectivity index (χ0n) is 9.43. The predicted octanol–water partition coefficient (Wildman–Crippen LogP) is 1.98. The molecule has 4 nitrogen and oxygen atoms in total.